The van der Waals surface area contributed by atoms with Gasteiger partial charge in [-0.2, -0.15) is 0 Å². The molecule has 2 unspecified atom stereocenters. The van der Waals surface area contributed by atoms with Crippen LogP contribution in [0.4, 0.5) is 0 Å². The Kier molecular flexibility index (Phi) is 57.5. The number of hydrogen-bond donors (Lipinski definition) is 3. The molecule has 6 nitrogen and oxygen atoms in total. The van der Waals surface area contributed by atoms with Crippen molar-refractivity contribution in [2.24, 2.45) is 0 Å². The SMILES string of the molecule is CCCCCCCCC/C=C\CCCCCCCC(=O)OCCCCC/C=C\C=C/CCCCCCCCC(=O)NC(CO)C(O)/C=C/CCCCCCCCCCCCCCCCCCCCCC. The molecule has 1 amide bonds. The molecule has 0 saturated heterocycles. The first-order valence-corrected chi connectivity index (χ1v) is 30.9. The first-order valence-electron chi connectivity index (χ1n) is 30.9. The van der Waals surface area contributed by atoms with E-state index in [1.807, 2.05) is 6.08 Å². The van der Waals surface area contributed by atoms with E-state index in [-0.39, 0.29) is 18.5 Å². The lowest BCUT2D eigenvalue weighted by molar-refractivity contribution is -0.143. The van der Waals surface area contributed by atoms with Gasteiger partial charge in [0.15, 0.2) is 0 Å². The molecule has 0 fully saturated rings. The summed E-state index contributed by atoms with van der Waals surface area (Å²) >= 11 is 0. The minimum Gasteiger partial charge on any atom is -0.466 e. The number of hydrogen-bond acceptors (Lipinski definition) is 5. The third-order valence-corrected chi connectivity index (χ3v) is 14.1. The Morgan fingerprint density at radius 3 is 1.10 bits per heavy atom. The molecule has 0 heterocycles. The van der Waals surface area contributed by atoms with Gasteiger partial charge in [0, 0.05) is 12.8 Å². The number of unbranched alkanes of at least 4 members (excludes halogenated alkanes) is 41. The number of aliphatic hydroxyl groups excluding tert-OH is 2. The minimum absolute atomic E-state index is 0.0302. The van der Waals surface area contributed by atoms with Crippen LogP contribution in [-0.2, 0) is 14.3 Å². The number of rotatable bonds is 57. The van der Waals surface area contributed by atoms with E-state index < -0.39 is 12.1 Å². The van der Waals surface area contributed by atoms with E-state index >= 15 is 0 Å². The summed E-state index contributed by atoms with van der Waals surface area (Å²) in [5, 5.41) is 23.2. The van der Waals surface area contributed by atoms with E-state index in [1.165, 1.54) is 218 Å². The number of amides is 1. The van der Waals surface area contributed by atoms with Crippen molar-refractivity contribution in [1.29, 1.82) is 0 Å². The highest BCUT2D eigenvalue weighted by atomic mass is 16.5. The molecule has 0 aromatic rings. The summed E-state index contributed by atoms with van der Waals surface area (Å²) in [6, 6.07) is -0.647. The van der Waals surface area contributed by atoms with E-state index in [1.54, 1.807) is 6.08 Å². The summed E-state index contributed by atoms with van der Waals surface area (Å²) in [5.41, 5.74) is 0. The normalized spacial score (nSPS) is 12.9. The highest BCUT2D eigenvalue weighted by Crippen LogP contribution is 2.17. The van der Waals surface area contributed by atoms with E-state index in [0.29, 0.717) is 19.4 Å². The lowest BCUT2D eigenvalue weighted by atomic mass is 10.0. The summed E-state index contributed by atoms with van der Waals surface area (Å²) in [4.78, 5) is 24.5. The predicted molar refractivity (Wildman–Crippen MR) is 306 cm³/mol. The van der Waals surface area contributed by atoms with Gasteiger partial charge in [-0.05, 0) is 89.9 Å². The molecule has 0 rings (SSSR count). The number of ether oxygens (including phenoxy) is 1. The molecule has 0 radical (unpaired) electrons. The first-order chi connectivity index (χ1) is 34.5. The molecular formula is C64H119NO5. The van der Waals surface area contributed by atoms with Crippen LogP contribution in [0.2, 0.25) is 0 Å². The summed E-state index contributed by atoms with van der Waals surface area (Å²) < 4.78 is 5.45. The number of esters is 1. The van der Waals surface area contributed by atoms with Crippen molar-refractivity contribution in [2.45, 2.75) is 334 Å². The third-order valence-electron chi connectivity index (χ3n) is 14.1. The van der Waals surface area contributed by atoms with Crippen LogP contribution in [0.15, 0.2) is 48.6 Å². The molecule has 0 saturated carbocycles. The Labute approximate surface area is 436 Å². The maximum absolute atomic E-state index is 12.5. The average molecular weight is 983 g/mol. The van der Waals surface area contributed by atoms with E-state index in [0.717, 1.165) is 77.0 Å². The number of nitrogens with one attached hydrogen (secondary N) is 1. The van der Waals surface area contributed by atoms with Gasteiger partial charge in [-0.1, -0.05) is 268 Å². The molecule has 0 aliphatic rings. The Morgan fingerprint density at radius 2 is 0.714 bits per heavy atom. The number of aliphatic hydroxyl groups is 2. The summed E-state index contributed by atoms with van der Waals surface area (Å²) in [6.07, 6.45) is 75.7. The van der Waals surface area contributed by atoms with Crippen molar-refractivity contribution in [3.8, 4) is 0 Å². The maximum Gasteiger partial charge on any atom is 0.305 e. The van der Waals surface area contributed by atoms with Gasteiger partial charge in [0.1, 0.15) is 0 Å². The zero-order valence-corrected chi connectivity index (χ0v) is 46.7. The zero-order valence-electron chi connectivity index (χ0n) is 46.7. The highest BCUT2D eigenvalue weighted by Gasteiger charge is 2.18. The number of carbonyl (C=O) groups is 2. The molecule has 0 aromatic heterocycles. The quantitative estimate of drug-likeness (QED) is 0.0244. The number of carbonyl (C=O) groups excluding carboxylic acids is 2. The van der Waals surface area contributed by atoms with Gasteiger partial charge in [-0.25, -0.2) is 0 Å². The third kappa shape index (κ3) is 55.1. The van der Waals surface area contributed by atoms with Crippen molar-refractivity contribution in [2.75, 3.05) is 13.2 Å². The maximum atomic E-state index is 12.5. The lowest BCUT2D eigenvalue weighted by Gasteiger charge is -2.20. The van der Waals surface area contributed by atoms with Crippen LogP contribution >= 0.6 is 0 Å². The largest absolute Gasteiger partial charge is 0.466 e. The molecule has 6 heteroatoms. The number of allylic oxidation sites excluding steroid dienone is 7. The van der Waals surface area contributed by atoms with Crippen molar-refractivity contribution in [3.63, 3.8) is 0 Å². The Morgan fingerprint density at radius 1 is 0.400 bits per heavy atom. The Hall–Kier alpha value is -2.18. The molecule has 410 valence electrons. The summed E-state index contributed by atoms with van der Waals surface area (Å²) in [5.74, 6) is -0.119. The fraction of sp³-hybridized carbons (Fsp3) is 0.844. The van der Waals surface area contributed by atoms with Crippen LogP contribution in [0.25, 0.3) is 0 Å². The van der Waals surface area contributed by atoms with E-state index in [2.05, 4.69) is 55.6 Å². The predicted octanol–water partition coefficient (Wildman–Crippen LogP) is 19.4. The molecule has 0 spiro atoms. The molecule has 2 atom stereocenters. The van der Waals surface area contributed by atoms with Crippen LogP contribution in [0.5, 0.6) is 0 Å². The summed E-state index contributed by atoms with van der Waals surface area (Å²) in [7, 11) is 0. The highest BCUT2D eigenvalue weighted by molar-refractivity contribution is 5.76. The van der Waals surface area contributed by atoms with Crippen LogP contribution in [0.1, 0.15) is 322 Å². The van der Waals surface area contributed by atoms with Crippen LogP contribution in [-0.4, -0.2) is 47.4 Å². The smallest absolute Gasteiger partial charge is 0.305 e. The molecule has 0 aliphatic heterocycles. The van der Waals surface area contributed by atoms with Gasteiger partial charge in [0.25, 0.3) is 0 Å². The van der Waals surface area contributed by atoms with Gasteiger partial charge >= 0.3 is 5.97 Å². The molecule has 0 bridgehead atoms. The van der Waals surface area contributed by atoms with Crippen molar-refractivity contribution < 1.29 is 24.5 Å². The molecule has 70 heavy (non-hydrogen) atoms. The second-order valence-electron chi connectivity index (χ2n) is 21.1. The Balaban J connectivity index is 3.55. The van der Waals surface area contributed by atoms with Crippen molar-refractivity contribution in [3.05, 3.63) is 48.6 Å². The lowest BCUT2D eigenvalue weighted by Crippen LogP contribution is -2.45. The fourth-order valence-corrected chi connectivity index (χ4v) is 9.33. The zero-order chi connectivity index (χ0) is 50.7. The van der Waals surface area contributed by atoms with E-state index in [4.69, 9.17) is 4.74 Å². The molecule has 0 aliphatic carbocycles. The van der Waals surface area contributed by atoms with Gasteiger partial charge in [0.05, 0.1) is 25.4 Å². The van der Waals surface area contributed by atoms with Crippen molar-refractivity contribution >= 4 is 11.9 Å². The topological polar surface area (TPSA) is 95.9 Å². The van der Waals surface area contributed by atoms with Gasteiger partial charge < -0.3 is 20.3 Å². The van der Waals surface area contributed by atoms with Crippen LogP contribution < -0.4 is 5.32 Å². The van der Waals surface area contributed by atoms with Crippen molar-refractivity contribution in [1.82, 2.24) is 5.32 Å². The second kappa shape index (κ2) is 59.4. The molecule has 3 N–H and O–H groups in total. The monoisotopic (exact) mass is 982 g/mol. The first kappa shape index (κ1) is 67.8. The van der Waals surface area contributed by atoms with Crippen LogP contribution in [0.3, 0.4) is 0 Å². The minimum atomic E-state index is -0.861. The van der Waals surface area contributed by atoms with Gasteiger partial charge in [-0.3, -0.25) is 9.59 Å². The summed E-state index contributed by atoms with van der Waals surface area (Å²) in [6.45, 7) is 4.85. The van der Waals surface area contributed by atoms with E-state index in [9.17, 15) is 19.8 Å². The molecular weight excluding hydrogens is 863 g/mol. The average Bonchev–Trinajstić information content (AvgIpc) is 3.36. The fourth-order valence-electron chi connectivity index (χ4n) is 9.33. The van der Waals surface area contributed by atoms with Crippen LogP contribution in [0, 0.1) is 0 Å². The standard InChI is InChI=1S/C64H119NO5/c1-3-5-7-9-11-13-15-17-19-21-22-23-24-25-26-28-32-36-40-44-48-52-56-62(67)61(60-66)65-63(68)57-53-49-45-41-37-33-29-27-31-35-39-43-47-51-55-59-70-64(69)58-54-50-46-42-38-34-30-20-18-16-14-12-10-8-6-4-2/h20,27,30-31,35,39,52,56,61-62,66-67H,3-19,21-26,28-29,32-34,36-38,40-51,53-55,57-60H2,1-2H3,(H,65,68)/b30-20-,31-27-,39-35-,56-52+. The van der Waals surface area contributed by atoms with Gasteiger partial charge in [0.2, 0.25) is 5.91 Å². The molecule has 0 aromatic carbocycles. The Bertz CT molecular complexity index is 1180. The van der Waals surface area contributed by atoms with Gasteiger partial charge in [-0.15, -0.1) is 0 Å². The second-order valence-corrected chi connectivity index (χ2v) is 21.1.